The molecule has 12 nitrogen and oxygen atoms in total. The van der Waals surface area contributed by atoms with Gasteiger partial charge in [0.25, 0.3) is 0 Å². The fraction of sp³-hybridized carbons (Fsp3) is 0.484. The molecule has 2 aliphatic heterocycles. The minimum absolute atomic E-state index is 0.0171. The van der Waals surface area contributed by atoms with Crippen molar-refractivity contribution >= 4 is 23.5 Å². The molecule has 4 atom stereocenters. The van der Waals surface area contributed by atoms with E-state index in [2.05, 4.69) is 16.0 Å². The van der Waals surface area contributed by atoms with Crippen molar-refractivity contribution in [2.75, 3.05) is 46.6 Å². The monoisotopic (exact) mass is 596 g/mol. The van der Waals surface area contributed by atoms with Gasteiger partial charge in [-0.25, -0.2) is 0 Å². The second-order valence-electron chi connectivity index (χ2n) is 11.1. The molecule has 2 heterocycles. The maximum atomic E-state index is 13.8. The predicted octanol–water partition coefficient (Wildman–Crippen LogP) is 0.351. The molecule has 4 unspecified atom stereocenters. The molecule has 2 aliphatic rings. The molecule has 12 heteroatoms. The lowest BCUT2D eigenvalue weighted by atomic mass is 9.94. The SMILES string of the molecule is COc1cc(O)cc(CC(NC(=O)C(C)NC(=O)CN2CCOCC2)C(=O)NC(Cc2ccccc2)C(=O)C2(C)CO2)c1. The molecule has 0 bridgehead atoms. The van der Waals surface area contributed by atoms with E-state index in [-0.39, 0.29) is 43.4 Å². The first-order valence-electron chi connectivity index (χ1n) is 14.4. The van der Waals surface area contributed by atoms with Gasteiger partial charge >= 0.3 is 0 Å². The molecule has 2 aromatic rings. The fourth-order valence-corrected chi connectivity index (χ4v) is 4.89. The van der Waals surface area contributed by atoms with Gasteiger partial charge in [0.1, 0.15) is 29.2 Å². The summed E-state index contributed by atoms with van der Waals surface area (Å²) < 4.78 is 15.9. The lowest BCUT2D eigenvalue weighted by Crippen LogP contribution is -2.57. The van der Waals surface area contributed by atoms with Gasteiger partial charge in [-0.2, -0.15) is 0 Å². The standard InChI is InChI=1S/C31H40N4O8/c1-20(32-27(37)18-35-9-11-42-12-10-35)29(39)34-26(16-22-13-23(36)17-24(14-22)41-3)30(40)33-25(28(38)31(2)19-43-31)15-21-7-5-4-6-8-21/h4-8,13-14,17,20,25-26,36H,9-12,15-16,18-19H2,1-3H3,(H,32,37)(H,33,40)(H,34,39). The normalized spacial score (nSPS) is 20.3. The number of nitrogens with zero attached hydrogens (tertiary/aromatic N) is 1. The number of epoxide rings is 1. The zero-order chi connectivity index (χ0) is 31.0. The van der Waals surface area contributed by atoms with Crippen molar-refractivity contribution < 1.29 is 38.5 Å². The average Bonchev–Trinajstić information content (AvgIpc) is 3.74. The molecule has 0 aromatic heterocycles. The summed E-state index contributed by atoms with van der Waals surface area (Å²) in [7, 11) is 1.45. The van der Waals surface area contributed by atoms with Crippen LogP contribution >= 0.6 is 0 Å². The molecule has 0 aliphatic carbocycles. The maximum Gasteiger partial charge on any atom is 0.243 e. The van der Waals surface area contributed by atoms with E-state index < -0.39 is 35.5 Å². The number of ether oxygens (including phenoxy) is 3. The number of methoxy groups -OCH3 is 1. The highest BCUT2D eigenvalue weighted by Crippen LogP contribution is 2.29. The number of nitrogens with one attached hydrogen (secondary N) is 3. The summed E-state index contributed by atoms with van der Waals surface area (Å²) in [4.78, 5) is 54.9. The number of morpholine rings is 1. The number of aromatic hydroxyl groups is 1. The van der Waals surface area contributed by atoms with Crippen LogP contribution in [0.1, 0.15) is 25.0 Å². The molecule has 3 amide bonds. The molecule has 43 heavy (non-hydrogen) atoms. The molecule has 0 radical (unpaired) electrons. The summed E-state index contributed by atoms with van der Waals surface area (Å²) in [5.74, 6) is -1.46. The van der Waals surface area contributed by atoms with E-state index in [1.807, 2.05) is 35.2 Å². The van der Waals surface area contributed by atoms with Crippen LogP contribution in [0.5, 0.6) is 11.5 Å². The molecule has 0 saturated carbocycles. The summed E-state index contributed by atoms with van der Waals surface area (Å²) in [6.07, 6.45) is 0.218. The Hall–Kier alpha value is -4.00. The Kier molecular flexibility index (Phi) is 10.7. The highest BCUT2D eigenvalue weighted by molar-refractivity contribution is 5.98. The van der Waals surface area contributed by atoms with Crippen LogP contribution < -0.4 is 20.7 Å². The van der Waals surface area contributed by atoms with Gasteiger partial charge in [0.2, 0.25) is 17.7 Å². The van der Waals surface area contributed by atoms with E-state index in [1.165, 1.54) is 26.2 Å². The predicted molar refractivity (Wildman–Crippen MR) is 157 cm³/mol. The molecule has 232 valence electrons. The maximum absolute atomic E-state index is 13.8. The van der Waals surface area contributed by atoms with Crippen molar-refractivity contribution in [3.05, 3.63) is 59.7 Å². The van der Waals surface area contributed by atoms with E-state index in [0.717, 1.165) is 5.56 Å². The Morgan fingerprint density at radius 1 is 0.953 bits per heavy atom. The van der Waals surface area contributed by atoms with Crippen molar-refractivity contribution in [2.45, 2.75) is 50.4 Å². The summed E-state index contributed by atoms with van der Waals surface area (Å²) in [6.45, 7) is 5.92. The van der Waals surface area contributed by atoms with E-state index >= 15 is 0 Å². The first-order chi connectivity index (χ1) is 20.6. The highest BCUT2D eigenvalue weighted by Gasteiger charge is 2.50. The van der Waals surface area contributed by atoms with Gasteiger partial charge in [0.15, 0.2) is 5.78 Å². The van der Waals surface area contributed by atoms with Gasteiger partial charge in [0, 0.05) is 25.6 Å². The number of benzene rings is 2. The van der Waals surface area contributed by atoms with Crippen molar-refractivity contribution in [3.8, 4) is 11.5 Å². The van der Waals surface area contributed by atoms with Crippen LogP contribution in [-0.2, 0) is 41.5 Å². The first-order valence-corrected chi connectivity index (χ1v) is 14.4. The van der Waals surface area contributed by atoms with Crippen LogP contribution in [0.3, 0.4) is 0 Å². The number of hydrogen-bond donors (Lipinski definition) is 4. The number of Topliss-reactive ketones (excluding diaryl/α,β-unsaturated/α-hetero) is 1. The summed E-state index contributed by atoms with van der Waals surface area (Å²) >= 11 is 0. The van der Waals surface area contributed by atoms with Gasteiger partial charge in [0.05, 0.1) is 39.5 Å². The van der Waals surface area contributed by atoms with Crippen molar-refractivity contribution in [1.29, 1.82) is 0 Å². The number of carbonyl (C=O) groups excluding carboxylic acids is 4. The molecule has 4 N–H and O–H groups in total. The largest absolute Gasteiger partial charge is 0.508 e. The Morgan fingerprint density at radius 2 is 1.60 bits per heavy atom. The molecular formula is C31H40N4O8. The lowest BCUT2D eigenvalue weighted by Gasteiger charge is -2.27. The molecule has 2 aromatic carbocycles. The quantitative estimate of drug-likeness (QED) is 0.226. The third-order valence-electron chi connectivity index (χ3n) is 7.52. The molecule has 0 spiro atoms. The van der Waals surface area contributed by atoms with Gasteiger partial charge < -0.3 is 35.3 Å². The van der Waals surface area contributed by atoms with Crippen LogP contribution in [0.25, 0.3) is 0 Å². The number of ketones is 1. The number of rotatable bonds is 14. The van der Waals surface area contributed by atoms with Gasteiger partial charge in [-0.1, -0.05) is 30.3 Å². The Labute approximate surface area is 251 Å². The molecule has 2 fully saturated rings. The third-order valence-corrected chi connectivity index (χ3v) is 7.52. The summed E-state index contributed by atoms with van der Waals surface area (Å²) in [6, 6.07) is 10.8. The van der Waals surface area contributed by atoms with Gasteiger partial charge in [-0.3, -0.25) is 24.1 Å². The number of hydrogen-bond acceptors (Lipinski definition) is 9. The topological polar surface area (TPSA) is 159 Å². The van der Waals surface area contributed by atoms with Crippen molar-refractivity contribution in [2.24, 2.45) is 0 Å². The lowest BCUT2D eigenvalue weighted by molar-refractivity contribution is -0.134. The zero-order valence-corrected chi connectivity index (χ0v) is 24.8. The van der Waals surface area contributed by atoms with Gasteiger partial charge in [-0.15, -0.1) is 0 Å². The Morgan fingerprint density at radius 3 is 2.26 bits per heavy atom. The minimum Gasteiger partial charge on any atom is -0.508 e. The number of phenolic OH excluding ortho intramolecular Hbond substituents is 1. The Bertz CT molecular complexity index is 1290. The minimum atomic E-state index is -1.14. The van der Waals surface area contributed by atoms with Crippen LogP contribution in [0.2, 0.25) is 0 Å². The third kappa shape index (κ3) is 9.24. The second kappa shape index (κ2) is 14.5. The van der Waals surface area contributed by atoms with Crippen LogP contribution in [0.4, 0.5) is 0 Å². The fourth-order valence-electron chi connectivity index (χ4n) is 4.89. The molecule has 2 saturated heterocycles. The van der Waals surface area contributed by atoms with Crippen LogP contribution in [-0.4, -0.2) is 104 Å². The highest BCUT2D eigenvalue weighted by atomic mass is 16.6. The second-order valence-corrected chi connectivity index (χ2v) is 11.1. The molecular weight excluding hydrogens is 556 g/mol. The van der Waals surface area contributed by atoms with E-state index in [9.17, 15) is 24.3 Å². The van der Waals surface area contributed by atoms with Crippen molar-refractivity contribution in [3.63, 3.8) is 0 Å². The smallest absolute Gasteiger partial charge is 0.243 e. The molecule has 4 rings (SSSR count). The van der Waals surface area contributed by atoms with Gasteiger partial charge in [-0.05, 0) is 43.5 Å². The first kappa shape index (κ1) is 31.9. The zero-order valence-electron chi connectivity index (χ0n) is 24.8. The summed E-state index contributed by atoms with van der Waals surface area (Å²) in [5, 5.41) is 18.4. The number of amides is 3. The van der Waals surface area contributed by atoms with E-state index in [0.29, 0.717) is 37.6 Å². The van der Waals surface area contributed by atoms with E-state index in [1.54, 1.807) is 13.0 Å². The average molecular weight is 597 g/mol. The summed E-state index contributed by atoms with van der Waals surface area (Å²) in [5.41, 5.74) is 0.383. The number of carbonyl (C=O) groups is 4. The number of phenols is 1. The van der Waals surface area contributed by atoms with E-state index in [4.69, 9.17) is 14.2 Å². The van der Waals surface area contributed by atoms with Crippen LogP contribution in [0.15, 0.2) is 48.5 Å². The van der Waals surface area contributed by atoms with Crippen molar-refractivity contribution in [1.82, 2.24) is 20.9 Å². The van der Waals surface area contributed by atoms with Crippen LogP contribution in [0, 0.1) is 0 Å². The Balaban J connectivity index is 1.50.